The molecule has 0 unspecified atom stereocenters. The predicted molar refractivity (Wildman–Crippen MR) is 90.9 cm³/mol. The van der Waals surface area contributed by atoms with Crippen LogP contribution >= 0.6 is 0 Å². The fourth-order valence-corrected chi connectivity index (χ4v) is 3.72. The molecular weight excluding hydrogens is 272 g/mol. The maximum atomic E-state index is 9.81. The van der Waals surface area contributed by atoms with Gasteiger partial charge >= 0.3 is 0 Å². The largest absolute Gasteiger partial charge is 0.390 e. The summed E-state index contributed by atoms with van der Waals surface area (Å²) in [5.74, 6) is 0. The fourth-order valence-electron chi connectivity index (χ4n) is 3.72. The van der Waals surface area contributed by atoms with Crippen LogP contribution in [0.25, 0.3) is 0 Å². The van der Waals surface area contributed by atoms with Crippen LogP contribution in [-0.4, -0.2) is 52.7 Å². The lowest BCUT2D eigenvalue weighted by Crippen LogP contribution is -2.49. The van der Waals surface area contributed by atoms with E-state index in [9.17, 15) is 5.11 Å². The molecule has 1 atom stereocenters. The zero-order chi connectivity index (χ0) is 15.6. The third kappa shape index (κ3) is 4.31. The second-order valence-corrected chi connectivity index (χ2v) is 7.70. The van der Waals surface area contributed by atoms with Crippen LogP contribution in [0.15, 0.2) is 24.3 Å². The summed E-state index contributed by atoms with van der Waals surface area (Å²) < 4.78 is 0. The van der Waals surface area contributed by atoms with Crippen molar-refractivity contribution >= 4 is 0 Å². The Bertz CT molecular complexity index is 477. The fraction of sp³-hybridized carbons (Fsp3) is 0.684. The van der Waals surface area contributed by atoms with Gasteiger partial charge in [-0.2, -0.15) is 0 Å². The molecule has 3 nitrogen and oxygen atoms in total. The van der Waals surface area contributed by atoms with Gasteiger partial charge in [0, 0.05) is 32.2 Å². The van der Waals surface area contributed by atoms with E-state index in [0.717, 1.165) is 25.4 Å². The summed E-state index contributed by atoms with van der Waals surface area (Å²) in [5, 5.41) is 9.81. The first-order valence-corrected chi connectivity index (χ1v) is 8.76. The van der Waals surface area contributed by atoms with Gasteiger partial charge in [0.25, 0.3) is 0 Å². The molecule has 2 aliphatic rings. The zero-order valence-electron chi connectivity index (χ0n) is 14.1. The number of fused-ring (bicyclic) bond motifs is 1. The van der Waals surface area contributed by atoms with Crippen LogP contribution in [0.3, 0.4) is 0 Å². The highest BCUT2D eigenvalue weighted by atomic mass is 16.3. The van der Waals surface area contributed by atoms with Crippen molar-refractivity contribution in [1.29, 1.82) is 0 Å². The van der Waals surface area contributed by atoms with E-state index in [2.05, 4.69) is 34.1 Å². The number of hydrogen-bond donors (Lipinski definition) is 1. The summed E-state index contributed by atoms with van der Waals surface area (Å²) in [6, 6.07) is 9.79. The Morgan fingerprint density at radius 1 is 1.09 bits per heavy atom. The first-order chi connectivity index (χ1) is 10.5. The van der Waals surface area contributed by atoms with E-state index in [1.807, 2.05) is 13.8 Å². The van der Waals surface area contributed by atoms with Gasteiger partial charge in [0.05, 0.1) is 5.60 Å². The van der Waals surface area contributed by atoms with Crippen LogP contribution in [-0.2, 0) is 13.0 Å². The normalized spacial score (nSPS) is 23.7. The van der Waals surface area contributed by atoms with E-state index in [1.165, 1.54) is 50.1 Å². The van der Waals surface area contributed by atoms with Gasteiger partial charge in [-0.3, -0.25) is 9.80 Å². The average Bonchev–Trinajstić information content (AvgIpc) is 2.93. The van der Waals surface area contributed by atoms with E-state index in [0.29, 0.717) is 0 Å². The van der Waals surface area contributed by atoms with E-state index in [-0.39, 0.29) is 0 Å². The maximum absolute atomic E-state index is 9.81. The molecule has 0 aliphatic carbocycles. The van der Waals surface area contributed by atoms with Crippen molar-refractivity contribution in [2.24, 2.45) is 0 Å². The highest BCUT2D eigenvalue weighted by molar-refractivity contribution is 5.23. The van der Waals surface area contributed by atoms with Crippen molar-refractivity contribution in [3.63, 3.8) is 0 Å². The highest BCUT2D eigenvalue weighted by Gasteiger charge is 2.30. The Kier molecular flexibility index (Phi) is 4.86. The van der Waals surface area contributed by atoms with Gasteiger partial charge in [0.15, 0.2) is 0 Å². The summed E-state index contributed by atoms with van der Waals surface area (Å²) >= 11 is 0. The van der Waals surface area contributed by atoms with Crippen molar-refractivity contribution in [3.8, 4) is 0 Å². The summed E-state index contributed by atoms with van der Waals surface area (Å²) in [7, 11) is 0. The second kappa shape index (κ2) is 6.69. The van der Waals surface area contributed by atoms with Crippen LogP contribution in [0.1, 0.15) is 44.2 Å². The molecule has 22 heavy (non-hydrogen) atoms. The van der Waals surface area contributed by atoms with Crippen LogP contribution in [0.5, 0.6) is 0 Å². The Labute approximate surface area is 134 Å². The van der Waals surface area contributed by atoms with Crippen molar-refractivity contribution in [2.75, 3.05) is 26.2 Å². The monoisotopic (exact) mass is 302 g/mol. The molecule has 0 spiro atoms. The predicted octanol–water partition coefficient (Wildman–Crippen LogP) is 2.67. The number of hydrogen-bond acceptors (Lipinski definition) is 3. The minimum atomic E-state index is -0.570. The average molecular weight is 302 g/mol. The van der Waals surface area contributed by atoms with Crippen molar-refractivity contribution < 1.29 is 5.11 Å². The van der Waals surface area contributed by atoms with E-state index in [4.69, 9.17) is 0 Å². The quantitative estimate of drug-likeness (QED) is 0.906. The Morgan fingerprint density at radius 2 is 1.82 bits per heavy atom. The van der Waals surface area contributed by atoms with E-state index < -0.39 is 5.60 Å². The van der Waals surface area contributed by atoms with E-state index >= 15 is 0 Å². The second-order valence-electron chi connectivity index (χ2n) is 7.70. The third-order valence-corrected chi connectivity index (χ3v) is 5.13. The molecule has 2 aliphatic heterocycles. The van der Waals surface area contributed by atoms with Crippen LogP contribution < -0.4 is 0 Å². The Balaban J connectivity index is 1.50. The Morgan fingerprint density at radius 3 is 2.55 bits per heavy atom. The van der Waals surface area contributed by atoms with Gasteiger partial charge in [0.2, 0.25) is 0 Å². The van der Waals surface area contributed by atoms with Gasteiger partial charge in [-0.25, -0.2) is 0 Å². The smallest absolute Gasteiger partial charge is 0.0594 e. The molecule has 0 aromatic heterocycles. The molecule has 122 valence electrons. The lowest BCUT2D eigenvalue weighted by atomic mass is 9.98. The van der Waals surface area contributed by atoms with Gasteiger partial charge < -0.3 is 5.11 Å². The standard InChI is InChI=1S/C19H30N2O/c1-19(2,22)10-9-16-5-7-17(8-6-16)14-20-12-13-21-11-3-4-18(21)15-20/h5-8,18,22H,3-4,9-15H2,1-2H3/t18-/m1/s1. The molecule has 0 amide bonds. The summed E-state index contributed by atoms with van der Waals surface area (Å²) in [6.07, 6.45) is 4.53. The minimum absolute atomic E-state index is 0.570. The molecule has 1 N–H and O–H groups in total. The molecule has 0 radical (unpaired) electrons. The van der Waals surface area contributed by atoms with Gasteiger partial charge in [-0.05, 0) is 57.2 Å². The van der Waals surface area contributed by atoms with Crippen LogP contribution in [0.4, 0.5) is 0 Å². The van der Waals surface area contributed by atoms with Gasteiger partial charge in [-0.15, -0.1) is 0 Å². The molecule has 2 saturated heterocycles. The number of aryl methyl sites for hydroxylation is 1. The lowest BCUT2D eigenvalue weighted by molar-refractivity contribution is 0.0714. The number of benzene rings is 1. The molecule has 1 aromatic carbocycles. The highest BCUT2D eigenvalue weighted by Crippen LogP contribution is 2.22. The SMILES string of the molecule is CC(C)(O)CCc1ccc(CN2CCN3CCC[C@@H]3C2)cc1. The Hall–Kier alpha value is -0.900. The molecule has 0 bridgehead atoms. The summed E-state index contributed by atoms with van der Waals surface area (Å²) in [5.41, 5.74) is 2.17. The van der Waals surface area contributed by atoms with Gasteiger partial charge in [-0.1, -0.05) is 24.3 Å². The number of rotatable bonds is 5. The number of aliphatic hydroxyl groups is 1. The number of nitrogens with zero attached hydrogens (tertiary/aromatic N) is 2. The molecule has 3 rings (SSSR count). The third-order valence-electron chi connectivity index (χ3n) is 5.13. The van der Waals surface area contributed by atoms with Gasteiger partial charge in [0.1, 0.15) is 0 Å². The van der Waals surface area contributed by atoms with Crippen LogP contribution in [0, 0.1) is 0 Å². The summed E-state index contributed by atoms with van der Waals surface area (Å²) in [6.45, 7) is 9.84. The molecular formula is C19H30N2O. The van der Waals surface area contributed by atoms with Crippen molar-refractivity contribution in [2.45, 2.75) is 57.7 Å². The zero-order valence-corrected chi connectivity index (χ0v) is 14.1. The summed E-state index contributed by atoms with van der Waals surface area (Å²) in [4.78, 5) is 5.27. The van der Waals surface area contributed by atoms with Crippen LogP contribution in [0.2, 0.25) is 0 Å². The van der Waals surface area contributed by atoms with Crippen molar-refractivity contribution in [3.05, 3.63) is 35.4 Å². The first kappa shape index (κ1) is 16.0. The van der Waals surface area contributed by atoms with Crippen molar-refractivity contribution in [1.82, 2.24) is 9.80 Å². The molecule has 2 heterocycles. The minimum Gasteiger partial charge on any atom is -0.390 e. The lowest BCUT2D eigenvalue weighted by Gasteiger charge is -2.37. The maximum Gasteiger partial charge on any atom is 0.0594 e. The van der Waals surface area contributed by atoms with E-state index in [1.54, 1.807) is 0 Å². The first-order valence-electron chi connectivity index (χ1n) is 8.76. The topological polar surface area (TPSA) is 26.7 Å². The molecule has 2 fully saturated rings. The molecule has 1 aromatic rings. The number of piperazine rings is 1. The molecule has 0 saturated carbocycles. The molecule has 3 heteroatoms.